The van der Waals surface area contributed by atoms with Gasteiger partial charge in [-0.25, -0.2) is 9.78 Å². The predicted octanol–water partition coefficient (Wildman–Crippen LogP) is 3.87. The Labute approximate surface area is 204 Å². The molecule has 194 valence electrons. The van der Waals surface area contributed by atoms with E-state index in [9.17, 15) is 14.7 Å². The average Bonchev–Trinajstić information content (AvgIpc) is 3.26. The Hall–Kier alpha value is -1.93. The highest BCUT2D eigenvalue weighted by Crippen LogP contribution is 2.12. The molecule has 2 N–H and O–H groups in total. The number of hydrogen-bond acceptors (Lipinski definition) is 5. The van der Waals surface area contributed by atoms with Crippen LogP contribution in [0.1, 0.15) is 96.8 Å². The summed E-state index contributed by atoms with van der Waals surface area (Å²) < 4.78 is 4.44. The summed E-state index contributed by atoms with van der Waals surface area (Å²) >= 11 is 0. The molecule has 0 spiro atoms. The van der Waals surface area contributed by atoms with E-state index in [4.69, 9.17) is 0 Å². The van der Waals surface area contributed by atoms with Gasteiger partial charge in [0.1, 0.15) is 0 Å². The number of nitrogens with zero attached hydrogens (tertiary/aromatic N) is 4. The van der Waals surface area contributed by atoms with E-state index in [1.165, 1.54) is 75.8 Å². The molecule has 0 aliphatic rings. The Morgan fingerprint density at radius 3 is 2.21 bits per heavy atom. The molecule has 1 unspecified atom stereocenters. The molecular weight excluding hydrogens is 430 g/mol. The Morgan fingerprint density at radius 1 is 0.882 bits per heavy atom. The summed E-state index contributed by atoms with van der Waals surface area (Å²) in [6, 6.07) is 0. The molecule has 0 aliphatic carbocycles. The van der Waals surface area contributed by atoms with E-state index < -0.39 is 0 Å². The third kappa shape index (κ3) is 9.02. The van der Waals surface area contributed by atoms with E-state index in [2.05, 4.69) is 17.2 Å². The van der Waals surface area contributed by atoms with Gasteiger partial charge in [-0.1, -0.05) is 77.6 Å². The average molecular weight is 478 g/mol. The van der Waals surface area contributed by atoms with E-state index in [1.54, 1.807) is 13.4 Å². The quantitative estimate of drug-likeness (QED) is 0.300. The fourth-order valence-corrected chi connectivity index (χ4v) is 4.51. The molecule has 0 radical (unpaired) electrons. The molecule has 8 nitrogen and oxygen atoms in total. The number of hydrogen-bond donors (Lipinski definition) is 2. The van der Waals surface area contributed by atoms with Crippen LogP contribution in [0.2, 0.25) is 0 Å². The predicted molar refractivity (Wildman–Crippen MR) is 139 cm³/mol. The summed E-state index contributed by atoms with van der Waals surface area (Å²) in [6.07, 6.45) is 18.1. The van der Waals surface area contributed by atoms with Crippen molar-refractivity contribution in [1.82, 2.24) is 24.0 Å². The minimum absolute atomic E-state index is 0.225. The highest BCUT2D eigenvalue weighted by Gasteiger charge is 2.13. The van der Waals surface area contributed by atoms with Crippen molar-refractivity contribution < 1.29 is 5.11 Å². The summed E-state index contributed by atoms with van der Waals surface area (Å²) in [6.45, 7) is 4.72. The summed E-state index contributed by atoms with van der Waals surface area (Å²) in [5.74, 6) is 0. The number of nitrogens with one attached hydrogen (secondary N) is 1. The Kier molecular flexibility index (Phi) is 13.2. The molecule has 8 heteroatoms. The molecule has 2 aromatic heterocycles. The lowest BCUT2D eigenvalue weighted by atomic mass is 10.1. The molecule has 34 heavy (non-hydrogen) atoms. The molecule has 0 saturated carbocycles. The second-order valence-corrected chi connectivity index (χ2v) is 9.71. The number of aromatic nitrogens is 4. The molecule has 2 aromatic rings. The minimum atomic E-state index is -0.348. The number of rotatable bonds is 19. The van der Waals surface area contributed by atoms with Crippen LogP contribution in [0.3, 0.4) is 0 Å². The molecule has 0 aromatic carbocycles. The van der Waals surface area contributed by atoms with Gasteiger partial charge in [0.05, 0.1) is 12.4 Å². The van der Waals surface area contributed by atoms with Crippen molar-refractivity contribution in [3.05, 3.63) is 27.2 Å². The molecule has 0 saturated heterocycles. The van der Waals surface area contributed by atoms with Gasteiger partial charge in [0.15, 0.2) is 11.2 Å². The maximum Gasteiger partial charge on any atom is 0.332 e. The number of aryl methyl sites for hydroxylation is 2. The molecule has 0 amide bonds. The van der Waals surface area contributed by atoms with Crippen LogP contribution >= 0.6 is 0 Å². The third-order valence-electron chi connectivity index (χ3n) is 6.74. The first-order valence-corrected chi connectivity index (χ1v) is 13.5. The van der Waals surface area contributed by atoms with E-state index in [0.717, 1.165) is 49.9 Å². The van der Waals surface area contributed by atoms with Gasteiger partial charge in [0, 0.05) is 27.2 Å². The zero-order valence-electron chi connectivity index (χ0n) is 21.7. The van der Waals surface area contributed by atoms with Crippen molar-refractivity contribution in [1.29, 1.82) is 0 Å². The number of imidazole rings is 1. The van der Waals surface area contributed by atoms with E-state index in [-0.39, 0.29) is 17.4 Å². The van der Waals surface area contributed by atoms with Crippen molar-refractivity contribution in [2.45, 2.75) is 109 Å². The molecule has 1 atom stereocenters. The summed E-state index contributed by atoms with van der Waals surface area (Å²) in [5, 5.41) is 13.5. The van der Waals surface area contributed by atoms with Crippen LogP contribution in [0.15, 0.2) is 15.9 Å². The largest absolute Gasteiger partial charge is 0.392 e. The smallest absolute Gasteiger partial charge is 0.332 e. The molecule has 2 rings (SSSR count). The maximum absolute atomic E-state index is 12.5. The van der Waals surface area contributed by atoms with Crippen LogP contribution in [-0.4, -0.2) is 43.0 Å². The van der Waals surface area contributed by atoms with Gasteiger partial charge in [-0.2, -0.15) is 0 Å². The maximum atomic E-state index is 12.5. The number of aliphatic hydroxyl groups excluding tert-OH is 1. The van der Waals surface area contributed by atoms with E-state index in [1.807, 2.05) is 4.57 Å². The lowest BCUT2D eigenvalue weighted by Gasteiger charge is -2.11. The van der Waals surface area contributed by atoms with Crippen LogP contribution < -0.4 is 16.6 Å². The first kappa shape index (κ1) is 28.3. The first-order valence-electron chi connectivity index (χ1n) is 13.5. The summed E-state index contributed by atoms with van der Waals surface area (Å²) in [5.41, 5.74) is 0.326. The highest BCUT2D eigenvalue weighted by atomic mass is 16.3. The number of aliphatic hydroxyl groups is 1. The van der Waals surface area contributed by atoms with Crippen molar-refractivity contribution in [3.8, 4) is 0 Å². The van der Waals surface area contributed by atoms with Crippen molar-refractivity contribution in [3.63, 3.8) is 0 Å². The van der Waals surface area contributed by atoms with Gasteiger partial charge in [0.25, 0.3) is 5.56 Å². The summed E-state index contributed by atoms with van der Waals surface area (Å²) in [4.78, 5) is 28.8. The zero-order valence-corrected chi connectivity index (χ0v) is 21.7. The number of unbranched alkanes of at least 4 members (excludes halogenated alkanes) is 11. The van der Waals surface area contributed by atoms with Crippen molar-refractivity contribution in [2.75, 3.05) is 13.1 Å². The standard InChI is InChI=1S/C26H47N5O3/c1-4-5-6-7-12-15-18-27-20-22(32)17-14-11-9-8-10-13-16-19-31-21-28-24-23(31)25(33)30(3)26(34)29(24)2/h21-22,27,32H,4-20H2,1-3H3. The van der Waals surface area contributed by atoms with Gasteiger partial charge < -0.3 is 15.0 Å². The Bertz CT molecular complexity index is 946. The fourth-order valence-electron chi connectivity index (χ4n) is 4.51. The zero-order chi connectivity index (χ0) is 24.8. The highest BCUT2D eigenvalue weighted by molar-refractivity contribution is 5.69. The molecule has 0 fully saturated rings. The topological polar surface area (TPSA) is 94.1 Å². The second-order valence-electron chi connectivity index (χ2n) is 9.71. The van der Waals surface area contributed by atoms with E-state index in [0.29, 0.717) is 11.2 Å². The van der Waals surface area contributed by atoms with Crippen LogP contribution in [0.4, 0.5) is 0 Å². The molecule has 0 bridgehead atoms. The van der Waals surface area contributed by atoms with Gasteiger partial charge in [-0.05, 0) is 25.8 Å². The van der Waals surface area contributed by atoms with Crippen LogP contribution in [0.25, 0.3) is 11.2 Å². The van der Waals surface area contributed by atoms with Crippen LogP contribution in [0.5, 0.6) is 0 Å². The van der Waals surface area contributed by atoms with E-state index >= 15 is 0 Å². The minimum Gasteiger partial charge on any atom is -0.392 e. The molecule has 0 aliphatic heterocycles. The normalized spacial score (nSPS) is 12.6. The first-order chi connectivity index (χ1) is 16.5. The third-order valence-corrected chi connectivity index (χ3v) is 6.74. The van der Waals surface area contributed by atoms with Gasteiger partial charge in [-0.3, -0.25) is 13.9 Å². The lowest BCUT2D eigenvalue weighted by molar-refractivity contribution is 0.158. The van der Waals surface area contributed by atoms with Crippen LogP contribution in [-0.2, 0) is 20.6 Å². The summed E-state index contributed by atoms with van der Waals surface area (Å²) in [7, 11) is 3.15. The van der Waals surface area contributed by atoms with Gasteiger partial charge >= 0.3 is 5.69 Å². The fraction of sp³-hybridized carbons (Fsp3) is 0.808. The Balaban J connectivity index is 1.48. The van der Waals surface area contributed by atoms with Gasteiger partial charge in [-0.15, -0.1) is 0 Å². The van der Waals surface area contributed by atoms with Crippen molar-refractivity contribution in [2.24, 2.45) is 14.1 Å². The molecular formula is C26H47N5O3. The van der Waals surface area contributed by atoms with Gasteiger partial charge in [0.2, 0.25) is 0 Å². The second kappa shape index (κ2) is 15.9. The lowest BCUT2D eigenvalue weighted by Crippen LogP contribution is -2.37. The van der Waals surface area contributed by atoms with Crippen LogP contribution in [0, 0.1) is 0 Å². The van der Waals surface area contributed by atoms with Crippen molar-refractivity contribution >= 4 is 11.2 Å². The SMILES string of the molecule is CCCCCCCCNCC(O)CCCCCCCCCn1cnc2c1c(=O)n(C)c(=O)n2C. The monoisotopic (exact) mass is 477 g/mol. The number of fused-ring (bicyclic) bond motifs is 1. The molecule has 2 heterocycles. The Morgan fingerprint density at radius 2 is 1.50 bits per heavy atom.